The van der Waals surface area contributed by atoms with E-state index in [0.29, 0.717) is 0 Å². The number of nitrogens with zero attached hydrogens (tertiary/aromatic N) is 1. The highest BCUT2D eigenvalue weighted by molar-refractivity contribution is 7.13. The molecule has 78 valence electrons. The predicted octanol–water partition coefficient (Wildman–Crippen LogP) is 4.54. The van der Waals surface area contributed by atoms with Gasteiger partial charge in [0.2, 0.25) is 0 Å². The van der Waals surface area contributed by atoms with Gasteiger partial charge in [0.15, 0.2) is 0 Å². The summed E-state index contributed by atoms with van der Waals surface area (Å²) in [6.45, 7) is 0. The lowest BCUT2D eigenvalue weighted by Crippen LogP contribution is -1.80. The van der Waals surface area contributed by atoms with E-state index < -0.39 is 0 Å². The van der Waals surface area contributed by atoms with E-state index in [0.717, 1.165) is 5.69 Å². The first-order valence-electron chi connectivity index (χ1n) is 4.97. The first-order chi connectivity index (χ1) is 7.93. The lowest BCUT2D eigenvalue weighted by atomic mass is 10.2. The Morgan fingerprint density at radius 1 is 0.812 bits per heavy atom. The molecule has 3 rings (SSSR count). The molecule has 16 heavy (non-hydrogen) atoms. The topological polar surface area (TPSA) is 12.9 Å². The Labute approximate surface area is 102 Å². The van der Waals surface area contributed by atoms with E-state index in [2.05, 4.69) is 52.1 Å². The molecular weight excluding hydrogens is 234 g/mol. The van der Waals surface area contributed by atoms with Crippen molar-refractivity contribution in [1.82, 2.24) is 4.98 Å². The van der Waals surface area contributed by atoms with E-state index in [-0.39, 0.29) is 0 Å². The SMILES string of the molecule is c1csc(-c2ccc(-c3cccs3)nc2)c1. The van der Waals surface area contributed by atoms with Gasteiger partial charge in [-0.15, -0.1) is 22.7 Å². The van der Waals surface area contributed by atoms with Gasteiger partial charge in [0.1, 0.15) is 0 Å². The Morgan fingerprint density at radius 2 is 1.56 bits per heavy atom. The third kappa shape index (κ3) is 1.79. The zero-order valence-corrected chi connectivity index (χ0v) is 10.1. The van der Waals surface area contributed by atoms with Crippen molar-refractivity contribution in [2.45, 2.75) is 0 Å². The van der Waals surface area contributed by atoms with Crippen LogP contribution in [0.15, 0.2) is 53.4 Å². The quantitative estimate of drug-likeness (QED) is 0.644. The highest BCUT2D eigenvalue weighted by atomic mass is 32.1. The molecule has 0 atom stereocenters. The van der Waals surface area contributed by atoms with Crippen LogP contribution in [-0.2, 0) is 0 Å². The van der Waals surface area contributed by atoms with Gasteiger partial charge in [0.25, 0.3) is 0 Å². The fraction of sp³-hybridized carbons (Fsp3) is 0. The number of pyridine rings is 1. The zero-order valence-electron chi connectivity index (χ0n) is 8.46. The van der Waals surface area contributed by atoms with E-state index in [4.69, 9.17) is 0 Å². The molecule has 0 saturated carbocycles. The largest absolute Gasteiger partial charge is 0.255 e. The Bertz CT molecular complexity index is 497. The Hall–Kier alpha value is -1.45. The zero-order chi connectivity index (χ0) is 10.8. The Balaban J connectivity index is 1.97. The summed E-state index contributed by atoms with van der Waals surface area (Å²) >= 11 is 3.46. The second-order valence-electron chi connectivity index (χ2n) is 3.39. The van der Waals surface area contributed by atoms with Crippen LogP contribution >= 0.6 is 22.7 Å². The molecule has 0 aromatic carbocycles. The summed E-state index contributed by atoms with van der Waals surface area (Å²) in [7, 11) is 0. The molecular formula is C13H9NS2. The van der Waals surface area contributed by atoms with Crippen molar-refractivity contribution in [2.24, 2.45) is 0 Å². The molecule has 0 amide bonds. The highest BCUT2D eigenvalue weighted by Crippen LogP contribution is 2.27. The molecule has 0 aliphatic rings. The van der Waals surface area contributed by atoms with Gasteiger partial charge in [0.05, 0.1) is 10.6 Å². The molecule has 3 heteroatoms. The van der Waals surface area contributed by atoms with Crippen molar-refractivity contribution in [2.75, 3.05) is 0 Å². The van der Waals surface area contributed by atoms with Crippen molar-refractivity contribution in [3.05, 3.63) is 53.4 Å². The van der Waals surface area contributed by atoms with Crippen LogP contribution in [0.25, 0.3) is 21.0 Å². The molecule has 0 N–H and O–H groups in total. The van der Waals surface area contributed by atoms with Gasteiger partial charge in [-0.25, -0.2) is 0 Å². The summed E-state index contributed by atoms with van der Waals surface area (Å²) in [6, 6.07) is 12.5. The minimum Gasteiger partial charge on any atom is -0.255 e. The molecule has 1 nitrogen and oxygen atoms in total. The molecule has 3 heterocycles. The van der Waals surface area contributed by atoms with Gasteiger partial charge in [-0.2, -0.15) is 0 Å². The fourth-order valence-corrected chi connectivity index (χ4v) is 2.97. The normalized spacial score (nSPS) is 10.5. The summed E-state index contributed by atoms with van der Waals surface area (Å²) < 4.78 is 0. The van der Waals surface area contributed by atoms with Gasteiger partial charge in [0, 0.05) is 16.6 Å². The summed E-state index contributed by atoms with van der Waals surface area (Å²) in [5, 5.41) is 4.16. The van der Waals surface area contributed by atoms with E-state index in [1.165, 1.54) is 15.3 Å². The lowest BCUT2D eigenvalue weighted by molar-refractivity contribution is 1.34. The van der Waals surface area contributed by atoms with E-state index in [1.54, 1.807) is 22.7 Å². The smallest absolute Gasteiger partial charge is 0.0802 e. The van der Waals surface area contributed by atoms with Crippen LogP contribution in [0.2, 0.25) is 0 Å². The maximum Gasteiger partial charge on any atom is 0.0802 e. The average molecular weight is 243 g/mol. The standard InChI is InChI=1S/C13H9NS2/c1-3-12(15-7-1)10-5-6-11(14-9-10)13-4-2-8-16-13/h1-9H. The average Bonchev–Trinajstić information content (AvgIpc) is 3.03. The van der Waals surface area contributed by atoms with E-state index in [1.807, 2.05) is 6.20 Å². The molecule has 0 saturated heterocycles. The van der Waals surface area contributed by atoms with Crippen LogP contribution in [0, 0.1) is 0 Å². The summed E-state index contributed by atoms with van der Waals surface area (Å²) in [6.07, 6.45) is 1.95. The molecule has 0 unspecified atom stereocenters. The van der Waals surface area contributed by atoms with Crippen LogP contribution in [0.3, 0.4) is 0 Å². The van der Waals surface area contributed by atoms with Gasteiger partial charge in [-0.1, -0.05) is 12.1 Å². The molecule has 0 aliphatic heterocycles. The molecule has 0 radical (unpaired) electrons. The Kier molecular flexibility index (Phi) is 2.56. The number of hydrogen-bond donors (Lipinski definition) is 0. The molecule has 0 aliphatic carbocycles. The Morgan fingerprint density at radius 3 is 2.12 bits per heavy atom. The molecule has 0 bridgehead atoms. The number of rotatable bonds is 2. The first kappa shape index (κ1) is 9.75. The van der Waals surface area contributed by atoms with Crippen LogP contribution in [-0.4, -0.2) is 4.98 Å². The van der Waals surface area contributed by atoms with Crippen molar-refractivity contribution in [1.29, 1.82) is 0 Å². The predicted molar refractivity (Wildman–Crippen MR) is 70.9 cm³/mol. The molecule has 0 spiro atoms. The third-order valence-corrected chi connectivity index (χ3v) is 4.15. The van der Waals surface area contributed by atoms with Crippen LogP contribution in [0.4, 0.5) is 0 Å². The maximum atomic E-state index is 4.49. The minimum atomic E-state index is 1.05. The third-order valence-electron chi connectivity index (χ3n) is 2.34. The first-order valence-corrected chi connectivity index (χ1v) is 6.73. The number of thiophene rings is 2. The number of aromatic nitrogens is 1. The van der Waals surface area contributed by atoms with Gasteiger partial charge in [-0.05, 0) is 35.0 Å². The second kappa shape index (κ2) is 4.20. The van der Waals surface area contributed by atoms with Crippen molar-refractivity contribution in [3.8, 4) is 21.0 Å². The number of hydrogen-bond acceptors (Lipinski definition) is 3. The van der Waals surface area contributed by atoms with E-state index >= 15 is 0 Å². The van der Waals surface area contributed by atoms with Gasteiger partial charge >= 0.3 is 0 Å². The van der Waals surface area contributed by atoms with Gasteiger partial charge in [-0.3, -0.25) is 4.98 Å². The summed E-state index contributed by atoms with van der Waals surface area (Å²) in [5.74, 6) is 0. The monoisotopic (exact) mass is 243 g/mol. The summed E-state index contributed by atoms with van der Waals surface area (Å²) in [5.41, 5.74) is 2.24. The second-order valence-corrected chi connectivity index (χ2v) is 5.28. The van der Waals surface area contributed by atoms with Crippen molar-refractivity contribution in [3.63, 3.8) is 0 Å². The van der Waals surface area contributed by atoms with Crippen LogP contribution < -0.4 is 0 Å². The van der Waals surface area contributed by atoms with Crippen LogP contribution in [0.1, 0.15) is 0 Å². The molecule has 3 aromatic heterocycles. The van der Waals surface area contributed by atoms with Gasteiger partial charge < -0.3 is 0 Å². The maximum absolute atomic E-state index is 4.49. The van der Waals surface area contributed by atoms with Crippen LogP contribution in [0.5, 0.6) is 0 Å². The summed E-state index contributed by atoms with van der Waals surface area (Å²) in [4.78, 5) is 6.98. The fourth-order valence-electron chi connectivity index (χ4n) is 1.55. The van der Waals surface area contributed by atoms with Crippen molar-refractivity contribution >= 4 is 22.7 Å². The lowest BCUT2D eigenvalue weighted by Gasteiger charge is -1.99. The molecule has 0 fully saturated rings. The van der Waals surface area contributed by atoms with E-state index in [9.17, 15) is 0 Å². The van der Waals surface area contributed by atoms with Crippen molar-refractivity contribution < 1.29 is 0 Å². The highest BCUT2D eigenvalue weighted by Gasteiger charge is 2.02. The minimum absolute atomic E-state index is 1.05. The molecule has 3 aromatic rings.